The maximum absolute atomic E-state index is 11.6. The average molecular weight is 566 g/mol. The van der Waals surface area contributed by atoms with Crippen molar-refractivity contribution in [2.45, 2.75) is 18.9 Å². The molecule has 8 nitrogen and oxygen atoms in total. The highest BCUT2D eigenvalue weighted by Crippen LogP contribution is 2.31. The van der Waals surface area contributed by atoms with Crippen LogP contribution >= 0.6 is 24.0 Å². The number of likely N-dealkylation sites (tertiary alicyclic amines) is 1. The van der Waals surface area contributed by atoms with Gasteiger partial charge in [0.2, 0.25) is 0 Å². The lowest BCUT2D eigenvalue weighted by Crippen LogP contribution is -2.47. The third-order valence-electron chi connectivity index (χ3n) is 5.92. The zero-order valence-corrected chi connectivity index (χ0v) is 21.7. The van der Waals surface area contributed by atoms with E-state index >= 15 is 0 Å². The molecule has 3 rings (SSSR count). The Hall–Kier alpha value is -1.11. The summed E-state index contributed by atoms with van der Waals surface area (Å²) < 4.78 is 28.7. The molecule has 0 saturated carbocycles. The van der Waals surface area contributed by atoms with Crippen LogP contribution in [0.5, 0.6) is 5.75 Å². The number of halogens is 1. The molecule has 2 aliphatic rings. The quantitative estimate of drug-likeness (QED) is 0.280. The van der Waals surface area contributed by atoms with Gasteiger partial charge < -0.3 is 15.4 Å². The van der Waals surface area contributed by atoms with E-state index in [0.717, 1.165) is 44.4 Å². The molecular weight excluding hydrogens is 529 g/mol. The summed E-state index contributed by atoms with van der Waals surface area (Å²) in [5, 5.41) is 6.84. The van der Waals surface area contributed by atoms with E-state index in [1.807, 2.05) is 12.1 Å². The fourth-order valence-electron chi connectivity index (χ4n) is 4.15. The number of aliphatic imine (C=N–C) groups is 1. The van der Waals surface area contributed by atoms with Gasteiger partial charge in [0.25, 0.3) is 0 Å². The summed E-state index contributed by atoms with van der Waals surface area (Å²) in [6, 6.07) is 8.44. The second-order valence-electron chi connectivity index (χ2n) is 7.87. The Morgan fingerprint density at radius 1 is 1.13 bits per heavy atom. The largest absolute Gasteiger partial charge is 0.496 e. The van der Waals surface area contributed by atoms with Gasteiger partial charge in [0.15, 0.2) is 15.8 Å². The van der Waals surface area contributed by atoms with Crippen molar-refractivity contribution in [2.75, 3.05) is 71.5 Å². The van der Waals surface area contributed by atoms with Gasteiger partial charge in [-0.1, -0.05) is 18.2 Å². The lowest BCUT2D eigenvalue weighted by Gasteiger charge is -2.30. The van der Waals surface area contributed by atoms with Crippen LogP contribution in [-0.4, -0.2) is 95.7 Å². The number of hydrogen-bond acceptors (Lipinski definition) is 6. The van der Waals surface area contributed by atoms with E-state index in [1.165, 1.54) is 18.4 Å². The van der Waals surface area contributed by atoms with Gasteiger partial charge in [-0.2, -0.15) is 0 Å². The van der Waals surface area contributed by atoms with E-state index in [2.05, 4.69) is 37.6 Å². The molecule has 2 N–H and O–H groups in total. The van der Waals surface area contributed by atoms with Crippen molar-refractivity contribution in [3.05, 3.63) is 29.8 Å². The lowest BCUT2D eigenvalue weighted by atomic mass is 10.0. The number of hydrogen-bond donors (Lipinski definition) is 2. The molecule has 31 heavy (non-hydrogen) atoms. The van der Waals surface area contributed by atoms with E-state index in [4.69, 9.17) is 4.74 Å². The Labute approximate surface area is 203 Å². The maximum Gasteiger partial charge on any atom is 0.191 e. The van der Waals surface area contributed by atoms with Crippen LogP contribution in [-0.2, 0) is 9.84 Å². The van der Waals surface area contributed by atoms with Crippen molar-refractivity contribution in [3.63, 3.8) is 0 Å². The van der Waals surface area contributed by atoms with E-state index in [0.29, 0.717) is 13.1 Å². The SMILES string of the molecule is CN=C(NCCN1CCS(=O)(=O)CC1)NCC(c1ccccc1OC)N1CCCC1.I. The van der Waals surface area contributed by atoms with E-state index in [9.17, 15) is 8.42 Å². The Balaban J connectivity index is 0.00000341. The highest BCUT2D eigenvalue weighted by molar-refractivity contribution is 14.0. The molecule has 10 heteroatoms. The lowest BCUT2D eigenvalue weighted by molar-refractivity contribution is 0.239. The molecule has 1 aromatic rings. The zero-order valence-electron chi connectivity index (χ0n) is 18.5. The molecule has 2 saturated heterocycles. The van der Waals surface area contributed by atoms with Gasteiger partial charge in [0.1, 0.15) is 5.75 Å². The molecule has 1 aromatic carbocycles. The van der Waals surface area contributed by atoms with E-state index in [1.54, 1.807) is 14.2 Å². The molecule has 1 atom stereocenters. The summed E-state index contributed by atoms with van der Waals surface area (Å²) in [5.41, 5.74) is 1.19. The number of methoxy groups -OCH3 is 1. The number of ether oxygens (including phenoxy) is 1. The molecule has 2 fully saturated rings. The molecule has 176 valence electrons. The Kier molecular flexibility index (Phi) is 10.8. The first-order valence-electron chi connectivity index (χ1n) is 10.8. The molecular formula is C21H36IN5O3S. The monoisotopic (exact) mass is 565 g/mol. The first-order chi connectivity index (χ1) is 14.5. The van der Waals surface area contributed by atoms with Crippen LogP contribution in [0.3, 0.4) is 0 Å². The van der Waals surface area contributed by atoms with E-state index in [-0.39, 0.29) is 41.5 Å². The highest BCUT2D eigenvalue weighted by Gasteiger charge is 2.26. The molecule has 0 spiro atoms. The standard InChI is InChI=1S/C21H35N5O3S.HI/c1-22-21(23-9-12-25-13-15-30(27,28)16-14-25)24-17-19(26-10-5-6-11-26)18-7-3-4-8-20(18)29-2;/h3-4,7-8,19H,5-6,9-17H2,1-2H3,(H2,22,23,24);1H. The van der Waals surface area contributed by atoms with Crippen LogP contribution in [0.2, 0.25) is 0 Å². The van der Waals surface area contributed by atoms with Crippen molar-refractivity contribution in [2.24, 2.45) is 4.99 Å². The number of nitrogens with zero attached hydrogens (tertiary/aromatic N) is 3. The summed E-state index contributed by atoms with van der Waals surface area (Å²) in [7, 11) is 0.663. The first-order valence-corrected chi connectivity index (χ1v) is 12.6. The fraction of sp³-hybridized carbons (Fsp3) is 0.667. The van der Waals surface area contributed by atoms with Crippen LogP contribution < -0.4 is 15.4 Å². The number of benzene rings is 1. The molecule has 0 aromatic heterocycles. The molecule has 0 bridgehead atoms. The first kappa shape index (κ1) is 26.1. The van der Waals surface area contributed by atoms with Gasteiger partial charge in [0.05, 0.1) is 24.7 Å². The number of nitrogens with one attached hydrogen (secondary N) is 2. The highest BCUT2D eigenvalue weighted by atomic mass is 127. The fourth-order valence-corrected chi connectivity index (χ4v) is 5.43. The van der Waals surface area contributed by atoms with E-state index < -0.39 is 9.84 Å². The van der Waals surface area contributed by atoms with Crippen molar-refractivity contribution < 1.29 is 13.2 Å². The van der Waals surface area contributed by atoms with Gasteiger partial charge in [-0.05, 0) is 32.0 Å². The smallest absolute Gasteiger partial charge is 0.191 e. The van der Waals surface area contributed by atoms with Crippen molar-refractivity contribution in [3.8, 4) is 5.75 Å². The molecule has 2 heterocycles. The summed E-state index contributed by atoms with van der Waals surface area (Å²) >= 11 is 0. The normalized spacial score (nSPS) is 20.6. The minimum absolute atomic E-state index is 0. The Morgan fingerprint density at radius 3 is 2.45 bits per heavy atom. The molecule has 0 radical (unpaired) electrons. The van der Waals surface area contributed by atoms with Gasteiger partial charge in [-0.15, -0.1) is 24.0 Å². The summed E-state index contributed by atoms with van der Waals surface area (Å²) in [5.74, 6) is 2.20. The average Bonchev–Trinajstić information content (AvgIpc) is 3.28. The minimum atomic E-state index is -2.83. The van der Waals surface area contributed by atoms with Gasteiger partial charge in [-0.25, -0.2) is 8.42 Å². The van der Waals surface area contributed by atoms with Crippen molar-refractivity contribution in [1.82, 2.24) is 20.4 Å². The van der Waals surface area contributed by atoms with Crippen LogP contribution in [0.15, 0.2) is 29.3 Å². The summed E-state index contributed by atoms with van der Waals surface area (Å²) in [6.07, 6.45) is 2.45. The predicted octanol–water partition coefficient (Wildman–Crippen LogP) is 1.35. The summed E-state index contributed by atoms with van der Waals surface area (Å²) in [6.45, 7) is 5.67. The second kappa shape index (κ2) is 12.8. The Morgan fingerprint density at radius 2 is 1.81 bits per heavy atom. The van der Waals surface area contributed by atoms with Crippen LogP contribution in [0.25, 0.3) is 0 Å². The maximum atomic E-state index is 11.6. The molecule has 0 aliphatic carbocycles. The number of sulfone groups is 1. The van der Waals surface area contributed by atoms with Crippen LogP contribution in [0.4, 0.5) is 0 Å². The van der Waals surface area contributed by atoms with Crippen molar-refractivity contribution in [1.29, 1.82) is 0 Å². The van der Waals surface area contributed by atoms with Gasteiger partial charge >= 0.3 is 0 Å². The van der Waals surface area contributed by atoms with Crippen molar-refractivity contribution >= 4 is 39.8 Å². The van der Waals surface area contributed by atoms with Gasteiger partial charge in [0, 0.05) is 45.3 Å². The number of para-hydroxylation sites is 1. The minimum Gasteiger partial charge on any atom is -0.496 e. The number of guanidine groups is 1. The number of rotatable bonds is 8. The van der Waals surface area contributed by atoms with Gasteiger partial charge in [-0.3, -0.25) is 14.8 Å². The van der Waals surface area contributed by atoms with Crippen LogP contribution in [0.1, 0.15) is 24.4 Å². The van der Waals surface area contributed by atoms with Crippen LogP contribution in [0, 0.1) is 0 Å². The zero-order chi connectivity index (χ0) is 21.4. The molecule has 2 aliphatic heterocycles. The third kappa shape index (κ3) is 7.76. The predicted molar refractivity (Wildman–Crippen MR) is 136 cm³/mol. The Bertz CT molecular complexity index is 801. The second-order valence-corrected chi connectivity index (χ2v) is 10.2. The molecule has 1 unspecified atom stereocenters. The summed E-state index contributed by atoms with van der Waals surface area (Å²) in [4.78, 5) is 9.05. The third-order valence-corrected chi connectivity index (χ3v) is 7.53. The topological polar surface area (TPSA) is 86.3 Å². The molecule has 0 amide bonds.